The van der Waals surface area contributed by atoms with E-state index < -0.39 is 23.7 Å². The molecule has 1 aromatic carbocycles. The molecule has 2 rings (SSSR count). The van der Waals surface area contributed by atoms with E-state index in [1.165, 1.54) is 25.3 Å². The smallest absolute Gasteiger partial charge is 0.328 e. The van der Waals surface area contributed by atoms with Crippen molar-refractivity contribution in [3.05, 3.63) is 35.3 Å². The predicted molar refractivity (Wildman–Crippen MR) is 83.6 cm³/mol. The monoisotopic (exact) mass is 321 g/mol. The van der Waals surface area contributed by atoms with Gasteiger partial charge in [-0.15, -0.1) is 0 Å². The molecule has 0 fully saturated rings. The van der Waals surface area contributed by atoms with Crippen molar-refractivity contribution < 1.29 is 23.1 Å². The van der Waals surface area contributed by atoms with Crippen LogP contribution in [0.3, 0.4) is 0 Å². The third kappa shape index (κ3) is 3.70. The van der Waals surface area contributed by atoms with Crippen molar-refractivity contribution in [3.63, 3.8) is 0 Å². The summed E-state index contributed by atoms with van der Waals surface area (Å²) >= 11 is 0. The van der Waals surface area contributed by atoms with Crippen molar-refractivity contribution >= 4 is 22.8 Å². The van der Waals surface area contributed by atoms with Gasteiger partial charge in [0.25, 0.3) is 5.91 Å². The van der Waals surface area contributed by atoms with Gasteiger partial charge in [-0.25, -0.2) is 9.18 Å². The Balaban J connectivity index is 2.28. The zero-order valence-electron chi connectivity index (χ0n) is 13.6. The van der Waals surface area contributed by atoms with Gasteiger partial charge in [0.15, 0.2) is 5.76 Å². The van der Waals surface area contributed by atoms with Gasteiger partial charge in [-0.1, -0.05) is 13.8 Å². The van der Waals surface area contributed by atoms with Crippen LogP contribution >= 0.6 is 0 Å². The Bertz CT molecular complexity index is 736. The number of fused-ring (bicyclic) bond motifs is 1. The maximum Gasteiger partial charge on any atom is 0.328 e. The van der Waals surface area contributed by atoms with E-state index in [0.29, 0.717) is 23.0 Å². The van der Waals surface area contributed by atoms with Crippen molar-refractivity contribution in [2.75, 3.05) is 7.11 Å². The van der Waals surface area contributed by atoms with Crippen molar-refractivity contribution in [3.8, 4) is 0 Å². The molecular weight excluding hydrogens is 301 g/mol. The third-order valence-electron chi connectivity index (χ3n) is 3.60. The summed E-state index contributed by atoms with van der Waals surface area (Å²) in [6, 6.07) is 3.30. The predicted octanol–water partition coefficient (Wildman–Crippen LogP) is 3.20. The minimum absolute atomic E-state index is 0.0725. The number of nitrogens with one attached hydrogen (secondary N) is 1. The molecular formula is C17H20FNO4. The first kappa shape index (κ1) is 17.0. The number of furan rings is 1. The minimum Gasteiger partial charge on any atom is -0.467 e. The lowest BCUT2D eigenvalue weighted by Crippen LogP contribution is -2.42. The summed E-state index contributed by atoms with van der Waals surface area (Å²) in [5.41, 5.74) is 0.956. The molecule has 0 saturated heterocycles. The highest BCUT2D eigenvalue weighted by atomic mass is 19.1. The quantitative estimate of drug-likeness (QED) is 0.859. The van der Waals surface area contributed by atoms with E-state index in [2.05, 4.69) is 5.32 Å². The van der Waals surface area contributed by atoms with Gasteiger partial charge in [0.2, 0.25) is 0 Å². The average molecular weight is 321 g/mol. The fourth-order valence-electron chi connectivity index (χ4n) is 2.46. The zero-order valence-corrected chi connectivity index (χ0v) is 13.6. The normalized spacial score (nSPS) is 12.4. The molecule has 23 heavy (non-hydrogen) atoms. The fourth-order valence-corrected chi connectivity index (χ4v) is 2.46. The second kappa shape index (κ2) is 6.81. The van der Waals surface area contributed by atoms with Crippen LogP contribution in [-0.4, -0.2) is 25.0 Å². The molecule has 1 aromatic heterocycles. The van der Waals surface area contributed by atoms with Gasteiger partial charge < -0.3 is 14.5 Å². The van der Waals surface area contributed by atoms with E-state index in [0.717, 1.165) is 0 Å². The van der Waals surface area contributed by atoms with Gasteiger partial charge in [-0.3, -0.25) is 4.79 Å². The highest BCUT2D eigenvalue weighted by Crippen LogP contribution is 2.26. The first-order valence-electron chi connectivity index (χ1n) is 7.40. The lowest BCUT2D eigenvalue weighted by molar-refractivity contribution is -0.143. The molecule has 0 saturated carbocycles. The van der Waals surface area contributed by atoms with E-state index in [1.54, 1.807) is 6.92 Å². The van der Waals surface area contributed by atoms with Crippen molar-refractivity contribution in [1.82, 2.24) is 5.32 Å². The summed E-state index contributed by atoms with van der Waals surface area (Å²) in [7, 11) is 1.27. The van der Waals surface area contributed by atoms with Gasteiger partial charge in [-0.05, 0) is 37.5 Å². The number of esters is 1. The second-order valence-electron chi connectivity index (χ2n) is 5.88. The molecule has 0 spiro atoms. The SMILES string of the molecule is COC(=O)C(CC(C)C)NC(=O)c1oc2ccc(F)cc2c1C. The Kier molecular flexibility index (Phi) is 5.03. The number of amides is 1. The van der Waals surface area contributed by atoms with Crippen LogP contribution in [0.15, 0.2) is 22.6 Å². The molecule has 0 aliphatic heterocycles. The van der Waals surface area contributed by atoms with E-state index >= 15 is 0 Å². The number of hydrogen-bond donors (Lipinski definition) is 1. The number of ether oxygens (including phenoxy) is 1. The molecule has 1 heterocycles. The Morgan fingerprint density at radius 2 is 2.04 bits per heavy atom. The summed E-state index contributed by atoms with van der Waals surface area (Å²) in [6.45, 7) is 5.56. The average Bonchev–Trinajstić information content (AvgIpc) is 2.82. The van der Waals surface area contributed by atoms with Gasteiger partial charge in [0, 0.05) is 10.9 Å². The molecule has 2 aromatic rings. The topological polar surface area (TPSA) is 68.5 Å². The van der Waals surface area contributed by atoms with Crippen molar-refractivity contribution in [2.24, 2.45) is 5.92 Å². The molecule has 1 unspecified atom stereocenters. The number of rotatable bonds is 5. The summed E-state index contributed by atoms with van der Waals surface area (Å²) in [5.74, 6) is -1.16. The highest BCUT2D eigenvalue weighted by Gasteiger charge is 2.26. The van der Waals surface area contributed by atoms with Crippen LogP contribution in [0.2, 0.25) is 0 Å². The van der Waals surface area contributed by atoms with Crippen molar-refractivity contribution in [2.45, 2.75) is 33.2 Å². The number of hydrogen-bond acceptors (Lipinski definition) is 4. The van der Waals surface area contributed by atoms with E-state index in [1.807, 2.05) is 13.8 Å². The summed E-state index contributed by atoms with van der Waals surface area (Å²) in [4.78, 5) is 24.2. The first-order chi connectivity index (χ1) is 10.8. The van der Waals surface area contributed by atoms with Crippen LogP contribution in [0, 0.1) is 18.7 Å². The standard InChI is InChI=1S/C17H20FNO4/c1-9(2)7-13(17(21)22-4)19-16(20)15-10(3)12-8-11(18)5-6-14(12)23-15/h5-6,8-9,13H,7H2,1-4H3,(H,19,20). The zero-order chi connectivity index (χ0) is 17.1. The molecule has 0 bridgehead atoms. The molecule has 124 valence electrons. The molecule has 0 radical (unpaired) electrons. The van der Waals surface area contributed by atoms with Crippen LogP contribution in [0.5, 0.6) is 0 Å². The van der Waals surface area contributed by atoms with Gasteiger partial charge in [-0.2, -0.15) is 0 Å². The van der Waals surface area contributed by atoms with E-state index in [4.69, 9.17) is 9.15 Å². The number of carbonyl (C=O) groups is 2. The summed E-state index contributed by atoms with van der Waals surface area (Å²) < 4.78 is 23.6. The number of aryl methyl sites for hydroxylation is 1. The maximum absolute atomic E-state index is 13.3. The van der Waals surface area contributed by atoms with Crippen LogP contribution in [0.4, 0.5) is 4.39 Å². The summed E-state index contributed by atoms with van der Waals surface area (Å²) in [6.07, 6.45) is 0.451. The van der Waals surface area contributed by atoms with E-state index in [9.17, 15) is 14.0 Å². The van der Waals surface area contributed by atoms with Gasteiger partial charge in [0.05, 0.1) is 7.11 Å². The Morgan fingerprint density at radius 3 is 2.65 bits per heavy atom. The third-order valence-corrected chi connectivity index (χ3v) is 3.60. The molecule has 0 aliphatic rings. The number of carbonyl (C=O) groups excluding carboxylic acids is 2. The lowest BCUT2D eigenvalue weighted by Gasteiger charge is -2.17. The maximum atomic E-state index is 13.3. The van der Waals surface area contributed by atoms with Crippen LogP contribution in [0.25, 0.3) is 11.0 Å². The first-order valence-corrected chi connectivity index (χ1v) is 7.40. The number of methoxy groups -OCH3 is 1. The Labute approximate surface area is 133 Å². The number of benzene rings is 1. The molecule has 0 aliphatic carbocycles. The molecule has 5 nitrogen and oxygen atoms in total. The van der Waals surface area contributed by atoms with Crippen LogP contribution in [0.1, 0.15) is 36.4 Å². The van der Waals surface area contributed by atoms with Crippen molar-refractivity contribution in [1.29, 1.82) is 0 Å². The molecule has 1 atom stereocenters. The second-order valence-corrected chi connectivity index (χ2v) is 5.88. The fraction of sp³-hybridized carbons (Fsp3) is 0.412. The highest BCUT2D eigenvalue weighted by molar-refractivity contribution is 6.00. The Hall–Kier alpha value is -2.37. The van der Waals surface area contributed by atoms with E-state index in [-0.39, 0.29) is 11.7 Å². The van der Waals surface area contributed by atoms with Crippen LogP contribution < -0.4 is 5.32 Å². The molecule has 6 heteroatoms. The minimum atomic E-state index is -0.753. The molecule has 1 N–H and O–H groups in total. The van der Waals surface area contributed by atoms with Gasteiger partial charge in [0.1, 0.15) is 17.4 Å². The van der Waals surface area contributed by atoms with Crippen LogP contribution in [-0.2, 0) is 9.53 Å². The Morgan fingerprint density at radius 1 is 1.35 bits per heavy atom. The largest absolute Gasteiger partial charge is 0.467 e. The molecule has 1 amide bonds. The number of halogens is 1. The summed E-state index contributed by atoms with van der Waals surface area (Å²) in [5, 5.41) is 3.17. The van der Waals surface area contributed by atoms with Gasteiger partial charge >= 0.3 is 5.97 Å². The lowest BCUT2D eigenvalue weighted by atomic mass is 10.0.